The zero-order chi connectivity index (χ0) is 14.7. The van der Waals surface area contributed by atoms with Crippen LogP contribution in [0.15, 0.2) is 34.8 Å². The predicted molar refractivity (Wildman–Crippen MR) is 85.1 cm³/mol. The standard InChI is InChI=1S/C15H11BrCl2O2/c1-9-5-11(16)6-10(7-19)15(9)20-8-12-13(17)3-2-4-14(12)18/h2-7H,8H2,1H3. The van der Waals surface area contributed by atoms with Crippen LogP contribution in [0.1, 0.15) is 21.5 Å². The average molecular weight is 374 g/mol. The number of hydrogen-bond acceptors (Lipinski definition) is 2. The van der Waals surface area contributed by atoms with E-state index in [-0.39, 0.29) is 6.61 Å². The monoisotopic (exact) mass is 372 g/mol. The number of hydrogen-bond donors (Lipinski definition) is 0. The Bertz CT molecular complexity index is 636. The Kier molecular flexibility index (Phi) is 5.08. The van der Waals surface area contributed by atoms with Crippen LogP contribution < -0.4 is 4.74 Å². The summed E-state index contributed by atoms with van der Waals surface area (Å²) in [4.78, 5) is 11.1. The fourth-order valence-corrected chi connectivity index (χ4v) is 2.95. The molecular weight excluding hydrogens is 363 g/mol. The van der Waals surface area contributed by atoms with Gasteiger partial charge in [0.25, 0.3) is 0 Å². The van der Waals surface area contributed by atoms with Gasteiger partial charge in [0.1, 0.15) is 12.4 Å². The molecule has 0 saturated heterocycles. The van der Waals surface area contributed by atoms with Gasteiger partial charge >= 0.3 is 0 Å². The summed E-state index contributed by atoms with van der Waals surface area (Å²) in [5.74, 6) is 0.541. The molecule has 2 aromatic rings. The predicted octanol–water partition coefficient (Wildman–Crippen LogP) is 5.46. The maximum atomic E-state index is 11.1. The Morgan fingerprint density at radius 3 is 2.50 bits per heavy atom. The van der Waals surface area contributed by atoms with E-state index in [1.807, 2.05) is 13.0 Å². The first-order valence-electron chi connectivity index (χ1n) is 5.84. The van der Waals surface area contributed by atoms with E-state index in [4.69, 9.17) is 27.9 Å². The Morgan fingerprint density at radius 1 is 1.25 bits per heavy atom. The molecule has 0 aliphatic carbocycles. The molecule has 0 amide bonds. The summed E-state index contributed by atoms with van der Waals surface area (Å²) in [5, 5.41) is 1.08. The largest absolute Gasteiger partial charge is 0.488 e. The molecule has 104 valence electrons. The molecule has 0 heterocycles. The Labute approximate surface area is 135 Å². The van der Waals surface area contributed by atoms with Crippen molar-refractivity contribution in [3.05, 3.63) is 61.5 Å². The fourth-order valence-electron chi connectivity index (χ4n) is 1.86. The van der Waals surface area contributed by atoms with Crippen molar-refractivity contribution in [2.45, 2.75) is 13.5 Å². The van der Waals surface area contributed by atoms with E-state index >= 15 is 0 Å². The molecule has 0 unspecified atom stereocenters. The summed E-state index contributed by atoms with van der Waals surface area (Å²) in [5.41, 5.74) is 2.06. The molecule has 20 heavy (non-hydrogen) atoms. The quantitative estimate of drug-likeness (QED) is 0.665. The Morgan fingerprint density at radius 2 is 1.90 bits per heavy atom. The molecule has 0 atom stereocenters. The maximum absolute atomic E-state index is 11.1. The van der Waals surface area contributed by atoms with Gasteiger partial charge in [0.05, 0.1) is 5.56 Å². The third-order valence-corrected chi connectivity index (χ3v) is 3.98. The Hall–Kier alpha value is -1.03. The van der Waals surface area contributed by atoms with Gasteiger partial charge in [-0.3, -0.25) is 4.79 Å². The zero-order valence-electron chi connectivity index (χ0n) is 10.6. The molecule has 0 radical (unpaired) electrons. The first-order chi connectivity index (χ1) is 9.52. The molecule has 0 N–H and O–H groups in total. The van der Waals surface area contributed by atoms with Crippen LogP contribution in [0.4, 0.5) is 0 Å². The molecule has 2 aromatic carbocycles. The number of ether oxygens (including phenoxy) is 1. The fraction of sp³-hybridized carbons (Fsp3) is 0.133. The van der Waals surface area contributed by atoms with E-state index in [9.17, 15) is 4.79 Å². The van der Waals surface area contributed by atoms with E-state index in [1.165, 1.54) is 0 Å². The van der Waals surface area contributed by atoms with Crippen molar-refractivity contribution < 1.29 is 9.53 Å². The van der Waals surface area contributed by atoms with E-state index in [2.05, 4.69) is 15.9 Å². The third-order valence-electron chi connectivity index (χ3n) is 2.82. The molecular formula is C15H11BrCl2O2. The number of halogens is 3. The lowest BCUT2D eigenvalue weighted by molar-refractivity contribution is 0.111. The normalized spacial score (nSPS) is 10.4. The van der Waals surface area contributed by atoms with Crippen molar-refractivity contribution in [3.8, 4) is 5.75 Å². The van der Waals surface area contributed by atoms with Crippen molar-refractivity contribution in [3.63, 3.8) is 0 Å². The second-order valence-corrected chi connectivity index (χ2v) is 5.98. The second kappa shape index (κ2) is 6.61. The van der Waals surface area contributed by atoms with Gasteiger partial charge in [-0.15, -0.1) is 0 Å². The number of carbonyl (C=O) groups excluding carboxylic acids is 1. The van der Waals surface area contributed by atoms with Gasteiger partial charge in [0.15, 0.2) is 6.29 Å². The number of carbonyl (C=O) groups is 1. The van der Waals surface area contributed by atoms with Crippen molar-refractivity contribution in [1.82, 2.24) is 0 Å². The van der Waals surface area contributed by atoms with Gasteiger partial charge in [-0.05, 0) is 36.8 Å². The summed E-state index contributed by atoms with van der Waals surface area (Å²) in [7, 11) is 0. The number of benzene rings is 2. The van der Waals surface area contributed by atoms with Crippen molar-refractivity contribution >= 4 is 45.4 Å². The highest BCUT2D eigenvalue weighted by Gasteiger charge is 2.11. The second-order valence-electron chi connectivity index (χ2n) is 4.25. The van der Waals surface area contributed by atoms with Crippen LogP contribution in [0.3, 0.4) is 0 Å². The van der Waals surface area contributed by atoms with Crippen LogP contribution in [-0.2, 0) is 6.61 Å². The molecule has 0 aliphatic rings. The van der Waals surface area contributed by atoms with Crippen LogP contribution >= 0.6 is 39.1 Å². The van der Waals surface area contributed by atoms with Crippen LogP contribution in [0.25, 0.3) is 0 Å². The topological polar surface area (TPSA) is 26.3 Å². The molecule has 0 spiro atoms. The average Bonchev–Trinajstić information content (AvgIpc) is 2.39. The third kappa shape index (κ3) is 3.35. The lowest BCUT2D eigenvalue weighted by Crippen LogP contribution is -2.01. The van der Waals surface area contributed by atoms with Gasteiger partial charge in [-0.1, -0.05) is 45.2 Å². The Balaban J connectivity index is 2.30. The van der Waals surface area contributed by atoms with Crippen molar-refractivity contribution in [2.75, 3.05) is 0 Å². The van der Waals surface area contributed by atoms with Gasteiger partial charge in [0.2, 0.25) is 0 Å². The molecule has 2 rings (SSSR count). The highest BCUT2D eigenvalue weighted by atomic mass is 79.9. The van der Waals surface area contributed by atoms with E-state index in [0.717, 1.165) is 16.3 Å². The van der Waals surface area contributed by atoms with E-state index in [1.54, 1.807) is 24.3 Å². The number of aldehydes is 1. The minimum atomic E-state index is 0.210. The molecule has 0 fully saturated rings. The molecule has 2 nitrogen and oxygen atoms in total. The minimum absolute atomic E-state index is 0.210. The van der Waals surface area contributed by atoms with Crippen LogP contribution in [0.5, 0.6) is 5.75 Å². The molecule has 0 aliphatic heterocycles. The lowest BCUT2D eigenvalue weighted by atomic mass is 10.1. The van der Waals surface area contributed by atoms with Crippen molar-refractivity contribution in [2.24, 2.45) is 0 Å². The molecule has 0 saturated carbocycles. The van der Waals surface area contributed by atoms with Gasteiger partial charge in [-0.2, -0.15) is 0 Å². The molecule has 0 aromatic heterocycles. The highest BCUT2D eigenvalue weighted by molar-refractivity contribution is 9.10. The van der Waals surface area contributed by atoms with Gasteiger partial charge in [-0.25, -0.2) is 0 Å². The summed E-state index contributed by atoms with van der Waals surface area (Å²) >= 11 is 15.5. The number of aryl methyl sites for hydroxylation is 1. The first kappa shape index (κ1) is 15.4. The lowest BCUT2D eigenvalue weighted by Gasteiger charge is -2.13. The van der Waals surface area contributed by atoms with E-state index in [0.29, 0.717) is 26.9 Å². The van der Waals surface area contributed by atoms with E-state index < -0.39 is 0 Å². The smallest absolute Gasteiger partial charge is 0.153 e. The zero-order valence-corrected chi connectivity index (χ0v) is 13.7. The summed E-state index contributed by atoms with van der Waals surface area (Å²) < 4.78 is 6.57. The highest BCUT2D eigenvalue weighted by Crippen LogP contribution is 2.30. The van der Waals surface area contributed by atoms with Gasteiger partial charge < -0.3 is 4.74 Å². The SMILES string of the molecule is Cc1cc(Br)cc(C=O)c1OCc1c(Cl)cccc1Cl. The van der Waals surface area contributed by atoms with Crippen LogP contribution in [-0.4, -0.2) is 6.29 Å². The van der Waals surface area contributed by atoms with Crippen LogP contribution in [0.2, 0.25) is 10.0 Å². The maximum Gasteiger partial charge on any atom is 0.153 e. The minimum Gasteiger partial charge on any atom is -0.488 e. The number of rotatable bonds is 4. The van der Waals surface area contributed by atoms with Crippen LogP contribution in [0, 0.1) is 6.92 Å². The first-order valence-corrected chi connectivity index (χ1v) is 7.39. The molecule has 0 bridgehead atoms. The summed E-state index contributed by atoms with van der Waals surface area (Å²) in [6.07, 6.45) is 0.765. The summed E-state index contributed by atoms with van der Waals surface area (Å²) in [6, 6.07) is 8.87. The van der Waals surface area contributed by atoms with Gasteiger partial charge in [0, 0.05) is 20.1 Å². The van der Waals surface area contributed by atoms with Crippen molar-refractivity contribution in [1.29, 1.82) is 0 Å². The molecule has 5 heteroatoms. The summed E-state index contributed by atoms with van der Waals surface area (Å²) in [6.45, 7) is 2.09.